The van der Waals surface area contributed by atoms with E-state index < -0.39 is 22.7 Å². The van der Waals surface area contributed by atoms with Crippen molar-refractivity contribution >= 4 is 33.8 Å². The number of aromatic nitrogens is 7. The smallest absolute Gasteiger partial charge is 0.213 e. The average Bonchev–Trinajstić information content (AvgIpc) is 3.33. The van der Waals surface area contributed by atoms with E-state index in [-0.39, 0.29) is 33.8 Å². The molecule has 0 aliphatic carbocycles. The largest absolute Gasteiger partial charge is 0.494 e. The number of halogens is 2. The molecule has 1 atom stereocenters. The van der Waals surface area contributed by atoms with E-state index in [0.717, 1.165) is 12.4 Å². The summed E-state index contributed by atoms with van der Waals surface area (Å²) in [4.78, 5) is 26.2. The number of benzene rings is 1. The summed E-state index contributed by atoms with van der Waals surface area (Å²) in [5.74, 6) is 0.654. The van der Waals surface area contributed by atoms with Crippen molar-refractivity contribution in [2.24, 2.45) is 0 Å². The molecule has 1 N–H and O–H groups in total. The minimum atomic E-state index is -3.19. The van der Waals surface area contributed by atoms with Gasteiger partial charge in [-0.1, -0.05) is 23.7 Å². The molecule has 16 heteroatoms. The van der Waals surface area contributed by atoms with Gasteiger partial charge in [0.05, 0.1) is 33.2 Å². The molecule has 0 fully saturated rings. The molecule has 0 saturated carbocycles. The lowest BCUT2D eigenvalue weighted by atomic mass is 10.2. The number of para-hydroxylation sites is 1. The van der Waals surface area contributed by atoms with Crippen LogP contribution < -0.4 is 18.9 Å². The normalized spacial score (nSPS) is 12.0. The molecule has 5 rings (SSSR count). The first-order valence-electron chi connectivity index (χ1n) is 12.0. The Labute approximate surface area is 239 Å². The fourth-order valence-corrected chi connectivity index (χ4v) is 4.77. The van der Waals surface area contributed by atoms with Crippen molar-refractivity contribution in [2.45, 2.75) is 13.0 Å². The molecular weight excluding hydrogens is 579 g/mol. The van der Waals surface area contributed by atoms with Gasteiger partial charge < -0.3 is 14.2 Å². The van der Waals surface area contributed by atoms with Crippen molar-refractivity contribution in [1.29, 1.82) is 0 Å². The zero-order valence-corrected chi connectivity index (χ0v) is 23.4. The molecule has 0 radical (unpaired) electrons. The summed E-state index contributed by atoms with van der Waals surface area (Å²) in [7, 11) is -0.201. The highest BCUT2D eigenvalue weighted by molar-refractivity contribution is 7.70. The van der Waals surface area contributed by atoms with Crippen LogP contribution in [0.4, 0.5) is 4.39 Å². The Kier molecular flexibility index (Phi) is 8.19. The van der Waals surface area contributed by atoms with Gasteiger partial charge in [0.1, 0.15) is 34.6 Å². The highest BCUT2D eigenvalue weighted by atomic mass is 35.5. The zero-order chi connectivity index (χ0) is 29.1. The third kappa shape index (κ3) is 5.59. The van der Waals surface area contributed by atoms with Gasteiger partial charge in [0.25, 0.3) is 0 Å². The van der Waals surface area contributed by atoms with E-state index in [1.54, 1.807) is 41.0 Å². The quantitative estimate of drug-likeness (QED) is 0.227. The second-order valence-corrected chi connectivity index (χ2v) is 9.33. The monoisotopic (exact) mass is 600 g/mol. The molecule has 13 nitrogen and oxygen atoms in total. The summed E-state index contributed by atoms with van der Waals surface area (Å²) in [6.07, 6.45) is 1.79. The van der Waals surface area contributed by atoms with E-state index in [1.165, 1.54) is 14.2 Å². The summed E-state index contributed by atoms with van der Waals surface area (Å²) in [5, 5.41) is -0.181. The van der Waals surface area contributed by atoms with Crippen LogP contribution >= 0.6 is 11.6 Å². The van der Waals surface area contributed by atoms with Crippen LogP contribution in [-0.2, 0) is 10.9 Å². The Hall–Kier alpha value is -4.47. The van der Waals surface area contributed by atoms with Crippen LogP contribution in [0.25, 0.3) is 28.5 Å². The maximum atomic E-state index is 13.6. The van der Waals surface area contributed by atoms with Crippen LogP contribution in [0.15, 0.2) is 48.8 Å². The van der Waals surface area contributed by atoms with Gasteiger partial charge in [-0.25, -0.2) is 47.4 Å². The highest BCUT2D eigenvalue weighted by Gasteiger charge is 2.29. The van der Waals surface area contributed by atoms with Crippen molar-refractivity contribution in [3.63, 3.8) is 0 Å². The van der Waals surface area contributed by atoms with Crippen molar-refractivity contribution < 1.29 is 27.0 Å². The maximum Gasteiger partial charge on any atom is 0.213 e. The summed E-state index contributed by atoms with van der Waals surface area (Å²) in [6, 6.07) is 9.08. The Bertz CT molecular complexity index is 1770. The Balaban J connectivity index is 1.84. The van der Waals surface area contributed by atoms with Crippen molar-refractivity contribution in [1.82, 2.24) is 39.2 Å². The van der Waals surface area contributed by atoms with E-state index in [2.05, 4.69) is 29.6 Å². The van der Waals surface area contributed by atoms with Gasteiger partial charge in [-0.2, -0.15) is 0 Å². The van der Waals surface area contributed by atoms with Crippen LogP contribution in [0.3, 0.4) is 0 Å². The van der Waals surface area contributed by atoms with Crippen molar-refractivity contribution in [2.75, 3.05) is 20.8 Å². The average molecular weight is 601 g/mol. The number of pyridine rings is 1. The van der Waals surface area contributed by atoms with E-state index in [9.17, 15) is 12.8 Å². The second kappa shape index (κ2) is 12.0. The number of rotatable bonds is 10. The van der Waals surface area contributed by atoms with Gasteiger partial charge in [0.15, 0.2) is 33.9 Å². The van der Waals surface area contributed by atoms with Crippen LogP contribution in [0.2, 0.25) is 5.15 Å². The van der Waals surface area contributed by atoms with Gasteiger partial charge in [0.2, 0.25) is 16.8 Å². The van der Waals surface area contributed by atoms with Crippen molar-refractivity contribution in [3.8, 4) is 34.6 Å². The molecule has 1 aromatic carbocycles. The number of nitrogens with zero attached hydrogens (tertiary/aromatic N) is 7. The number of methoxy groups -OCH3 is 2. The zero-order valence-electron chi connectivity index (χ0n) is 21.8. The number of nitrogens with one attached hydrogen (secondary N) is 1. The second-order valence-electron chi connectivity index (χ2n) is 8.20. The van der Waals surface area contributed by atoms with E-state index in [4.69, 9.17) is 30.8 Å². The van der Waals surface area contributed by atoms with E-state index in [0.29, 0.717) is 35.4 Å². The molecule has 4 heterocycles. The first kappa shape index (κ1) is 28.1. The number of ether oxygens (including phenoxy) is 3. The molecule has 4 aromatic heterocycles. The number of thiol groups is 1. The Morgan fingerprint density at radius 3 is 2.32 bits per heavy atom. The van der Waals surface area contributed by atoms with Crippen molar-refractivity contribution in [3.05, 3.63) is 71.3 Å². The molecule has 5 aromatic rings. The lowest BCUT2D eigenvalue weighted by Gasteiger charge is -2.17. The van der Waals surface area contributed by atoms with Crippen LogP contribution in [0.1, 0.15) is 24.5 Å². The SMILES string of the molecule is CCOc1cccc(-c2nc3nc(Cl)c(C(N[SH](=O)=O)c4ncc(F)cn4)nc3n2-c2c(OC)cccc2OC)n1. The number of fused-ring (bicyclic) bond motifs is 1. The molecule has 0 aliphatic rings. The highest BCUT2D eigenvalue weighted by Crippen LogP contribution is 2.38. The van der Waals surface area contributed by atoms with Gasteiger partial charge in [-0.3, -0.25) is 4.57 Å². The summed E-state index contributed by atoms with van der Waals surface area (Å²) in [5.41, 5.74) is 1.03. The minimum Gasteiger partial charge on any atom is -0.494 e. The molecule has 41 heavy (non-hydrogen) atoms. The summed E-state index contributed by atoms with van der Waals surface area (Å²) >= 11 is 6.53. The lowest BCUT2D eigenvalue weighted by Crippen LogP contribution is -2.25. The van der Waals surface area contributed by atoms with E-state index in [1.807, 2.05) is 6.92 Å². The minimum absolute atomic E-state index is 0.0532. The summed E-state index contributed by atoms with van der Waals surface area (Å²) < 4.78 is 57.9. The standard InChI is InChI=1S/C25H22ClFN8O5S/c1-4-40-17-10-5-7-14(30-17)24-33-23-25(35(24)20-15(38-2)8-6-9-16(20)39-3)31-18(21(26)32-23)19(34-41(36)37)22-28-11-13(27)12-29-22/h5-12,19,41H,4H2,1-3H3,(H,34,36,37). The summed E-state index contributed by atoms with van der Waals surface area (Å²) in [6.45, 7) is 2.24. The van der Waals surface area contributed by atoms with Gasteiger partial charge in [-0.05, 0) is 25.1 Å². The fourth-order valence-electron chi connectivity index (χ4n) is 4.09. The van der Waals surface area contributed by atoms with E-state index >= 15 is 0 Å². The first-order chi connectivity index (χ1) is 19.8. The number of imidazole rings is 1. The molecule has 0 amide bonds. The first-order valence-corrected chi connectivity index (χ1v) is 13.6. The topological polar surface area (TPSA) is 156 Å². The number of hydrogen-bond donors (Lipinski definition) is 2. The molecule has 212 valence electrons. The molecule has 0 spiro atoms. The predicted molar refractivity (Wildman–Crippen MR) is 146 cm³/mol. The third-order valence-electron chi connectivity index (χ3n) is 5.75. The van der Waals surface area contributed by atoms with Gasteiger partial charge in [-0.15, -0.1) is 0 Å². The molecule has 1 unspecified atom stereocenters. The number of hydrogen-bond acceptors (Lipinski definition) is 11. The molecule has 0 aliphatic heterocycles. The third-order valence-corrected chi connectivity index (χ3v) is 6.50. The molecular formula is C25H22ClFN8O5S. The predicted octanol–water partition coefficient (Wildman–Crippen LogP) is 3.08. The Morgan fingerprint density at radius 1 is 1.00 bits per heavy atom. The fraction of sp³-hybridized carbons (Fsp3) is 0.200. The van der Waals surface area contributed by atoms with Crippen LogP contribution in [0.5, 0.6) is 17.4 Å². The lowest BCUT2D eigenvalue weighted by molar-refractivity contribution is 0.327. The maximum absolute atomic E-state index is 13.6. The van der Waals surface area contributed by atoms with Gasteiger partial charge >= 0.3 is 0 Å². The Morgan fingerprint density at radius 2 is 1.68 bits per heavy atom. The molecule has 0 bridgehead atoms. The van der Waals surface area contributed by atoms with Crippen LogP contribution in [-0.4, -0.2) is 63.7 Å². The van der Waals surface area contributed by atoms with Gasteiger partial charge in [0, 0.05) is 6.07 Å². The molecule has 0 saturated heterocycles. The van der Waals surface area contributed by atoms with Crippen LogP contribution in [0, 0.1) is 5.82 Å².